The van der Waals surface area contributed by atoms with Gasteiger partial charge >= 0.3 is 0 Å². The molecule has 1 saturated heterocycles. The lowest BCUT2D eigenvalue weighted by atomic mass is 10.4. The first-order valence-electron chi connectivity index (χ1n) is 4.51. The van der Waals surface area contributed by atoms with Crippen molar-refractivity contribution in [2.24, 2.45) is 0 Å². The van der Waals surface area contributed by atoms with E-state index in [4.69, 9.17) is 0 Å². The van der Waals surface area contributed by atoms with Gasteiger partial charge in [0.25, 0.3) is 0 Å². The van der Waals surface area contributed by atoms with Crippen molar-refractivity contribution in [1.82, 2.24) is 4.90 Å². The largest absolute Gasteiger partial charge is 0.298 e. The molecule has 1 rings (SSSR count). The topological polar surface area (TPSA) is 54.5 Å². The van der Waals surface area contributed by atoms with E-state index >= 15 is 0 Å². The summed E-state index contributed by atoms with van der Waals surface area (Å²) < 4.78 is 0. The SMILES string of the molecule is CCSC1CC(=O)N(CC(C)=O)C1=O. The Morgan fingerprint density at radius 3 is 2.71 bits per heavy atom. The van der Waals surface area contributed by atoms with Crippen LogP contribution in [0.15, 0.2) is 0 Å². The normalized spacial score (nSPS) is 21.9. The van der Waals surface area contributed by atoms with Crippen LogP contribution >= 0.6 is 11.8 Å². The lowest BCUT2D eigenvalue weighted by Gasteiger charge is -2.11. The Balaban J connectivity index is 2.65. The van der Waals surface area contributed by atoms with Gasteiger partial charge in [-0.3, -0.25) is 19.3 Å². The molecule has 0 spiro atoms. The molecule has 0 aliphatic carbocycles. The molecule has 1 fully saturated rings. The lowest BCUT2D eigenvalue weighted by molar-refractivity contribution is -0.141. The van der Waals surface area contributed by atoms with Gasteiger partial charge in [-0.25, -0.2) is 0 Å². The second-order valence-electron chi connectivity index (χ2n) is 3.17. The minimum atomic E-state index is -0.271. The van der Waals surface area contributed by atoms with Gasteiger partial charge in [0.2, 0.25) is 11.8 Å². The summed E-state index contributed by atoms with van der Waals surface area (Å²) in [5.41, 5.74) is 0. The molecular weight excluding hydrogens is 202 g/mol. The number of ketones is 1. The van der Waals surface area contributed by atoms with Crippen LogP contribution in [0.1, 0.15) is 20.3 Å². The first-order valence-corrected chi connectivity index (χ1v) is 5.56. The summed E-state index contributed by atoms with van der Waals surface area (Å²) in [7, 11) is 0. The number of imide groups is 1. The fraction of sp³-hybridized carbons (Fsp3) is 0.667. The van der Waals surface area contributed by atoms with E-state index in [0.717, 1.165) is 10.7 Å². The Morgan fingerprint density at radius 1 is 1.57 bits per heavy atom. The van der Waals surface area contributed by atoms with Gasteiger partial charge in [-0.1, -0.05) is 6.92 Å². The van der Waals surface area contributed by atoms with E-state index in [0.29, 0.717) is 0 Å². The van der Waals surface area contributed by atoms with Crippen molar-refractivity contribution in [2.75, 3.05) is 12.3 Å². The third-order valence-electron chi connectivity index (χ3n) is 1.95. The summed E-state index contributed by atoms with van der Waals surface area (Å²) in [5, 5.41) is -0.271. The molecule has 0 saturated carbocycles. The Morgan fingerprint density at radius 2 is 2.21 bits per heavy atom. The zero-order valence-electron chi connectivity index (χ0n) is 8.28. The second kappa shape index (κ2) is 4.59. The molecule has 5 heteroatoms. The van der Waals surface area contributed by atoms with E-state index in [1.54, 1.807) is 0 Å². The standard InChI is InChI=1S/C9H13NO3S/c1-3-14-7-4-8(12)10(9(7)13)5-6(2)11/h7H,3-5H2,1-2H3. The Hall–Kier alpha value is -0.840. The number of Topliss-reactive ketones (excluding diaryl/α,β-unsaturated/α-hetero) is 1. The van der Waals surface area contributed by atoms with E-state index < -0.39 is 0 Å². The number of rotatable bonds is 4. The van der Waals surface area contributed by atoms with Gasteiger partial charge in [0, 0.05) is 6.42 Å². The molecule has 78 valence electrons. The molecule has 1 atom stereocenters. The molecule has 0 aromatic heterocycles. The van der Waals surface area contributed by atoms with E-state index in [2.05, 4.69) is 0 Å². The zero-order valence-corrected chi connectivity index (χ0v) is 9.10. The number of hydrogen-bond donors (Lipinski definition) is 0. The van der Waals surface area contributed by atoms with E-state index in [-0.39, 0.29) is 35.8 Å². The smallest absolute Gasteiger partial charge is 0.243 e. The maximum Gasteiger partial charge on any atom is 0.243 e. The number of likely N-dealkylation sites (tertiary alicyclic amines) is 1. The number of carbonyl (C=O) groups is 3. The van der Waals surface area contributed by atoms with Crippen LogP contribution in [0.25, 0.3) is 0 Å². The van der Waals surface area contributed by atoms with Crippen molar-refractivity contribution in [1.29, 1.82) is 0 Å². The second-order valence-corrected chi connectivity index (χ2v) is 4.65. The fourth-order valence-corrected chi connectivity index (χ4v) is 2.31. The molecule has 0 bridgehead atoms. The highest BCUT2D eigenvalue weighted by molar-refractivity contribution is 8.00. The van der Waals surface area contributed by atoms with Crippen molar-refractivity contribution in [3.8, 4) is 0 Å². The summed E-state index contributed by atoms with van der Waals surface area (Å²) in [4.78, 5) is 34.8. The first-order chi connectivity index (χ1) is 6.56. The van der Waals surface area contributed by atoms with Crippen molar-refractivity contribution >= 4 is 29.4 Å². The molecule has 0 aromatic rings. The number of carbonyl (C=O) groups excluding carboxylic acids is 3. The van der Waals surface area contributed by atoms with Crippen LogP contribution in [-0.4, -0.2) is 40.0 Å². The minimum absolute atomic E-state index is 0.0710. The van der Waals surface area contributed by atoms with Gasteiger partial charge in [0.15, 0.2) is 0 Å². The fourth-order valence-electron chi connectivity index (χ4n) is 1.37. The van der Waals surface area contributed by atoms with Crippen LogP contribution in [0.4, 0.5) is 0 Å². The Bertz CT molecular complexity index is 277. The summed E-state index contributed by atoms with van der Waals surface area (Å²) in [5.74, 6) is 0.208. The predicted octanol–water partition coefficient (Wildman–Crippen LogP) is 0.456. The van der Waals surface area contributed by atoms with Crippen LogP contribution in [-0.2, 0) is 14.4 Å². The number of amides is 2. The molecule has 1 aliphatic rings. The number of thioether (sulfide) groups is 1. The third kappa shape index (κ3) is 2.35. The average molecular weight is 215 g/mol. The van der Waals surface area contributed by atoms with Gasteiger partial charge in [0.05, 0.1) is 11.8 Å². The van der Waals surface area contributed by atoms with Crippen molar-refractivity contribution in [3.05, 3.63) is 0 Å². The van der Waals surface area contributed by atoms with Gasteiger partial charge in [-0.05, 0) is 12.7 Å². The summed E-state index contributed by atoms with van der Waals surface area (Å²) in [6.07, 6.45) is 0.241. The van der Waals surface area contributed by atoms with E-state index in [9.17, 15) is 14.4 Å². The lowest BCUT2D eigenvalue weighted by Crippen LogP contribution is -2.35. The van der Waals surface area contributed by atoms with Gasteiger partial charge < -0.3 is 0 Å². The highest BCUT2D eigenvalue weighted by Gasteiger charge is 2.38. The maximum atomic E-state index is 11.6. The van der Waals surface area contributed by atoms with E-state index in [1.165, 1.54) is 18.7 Å². The first kappa shape index (κ1) is 11.2. The van der Waals surface area contributed by atoms with Crippen LogP contribution in [0.2, 0.25) is 0 Å². The molecule has 4 nitrogen and oxygen atoms in total. The van der Waals surface area contributed by atoms with Crippen LogP contribution in [0.5, 0.6) is 0 Å². The Kier molecular flexibility index (Phi) is 3.69. The highest BCUT2D eigenvalue weighted by atomic mass is 32.2. The number of hydrogen-bond acceptors (Lipinski definition) is 4. The third-order valence-corrected chi connectivity index (χ3v) is 3.06. The molecule has 2 amide bonds. The highest BCUT2D eigenvalue weighted by Crippen LogP contribution is 2.24. The van der Waals surface area contributed by atoms with Crippen LogP contribution in [0, 0.1) is 0 Å². The van der Waals surface area contributed by atoms with Gasteiger partial charge in [-0.2, -0.15) is 0 Å². The van der Waals surface area contributed by atoms with Crippen LogP contribution < -0.4 is 0 Å². The molecule has 1 unspecified atom stereocenters. The predicted molar refractivity (Wildman–Crippen MR) is 53.9 cm³/mol. The maximum absolute atomic E-state index is 11.6. The van der Waals surface area contributed by atoms with Crippen molar-refractivity contribution in [2.45, 2.75) is 25.5 Å². The summed E-state index contributed by atoms with van der Waals surface area (Å²) >= 11 is 1.46. The van der Waals surface area contributed by atoms with Crippen molar-refractivity contribution < 1.29 is 14.4 Å². The number of nitrogens with zero attached hydrogens (tertiary/aromatic N) is 1. The summed E-state index contributed by atoms with van der Waals surface area (Å²) in [6, 6.07) is 0. The zero-order chi connectivity index (χ0) is 10.7. The minimum Gasteiger partial charge on any atom is -0.298 e. The molecule has 0 N–H and O–H groups in total. The molecule has 0 radical (unpaired) electrons. The molecule has 0 aromatic carbocycles. The summed E-state index contributed by atoms with van der Waals surface area (Å²) in [6.45, 7) is 3.25. The molecule has 14 heavy (non-hydrogen) atoms. The average Bonchev–Trinajstić information content (AvgIpc) is 2.33. The quantitative estimate of drug-likeness (QED) is 0.639. The Labute approximate surface area is 87.0 Å². The molecule has 1 aliphatic heterocycles. The van der Waals surface area contributed by atoms with E-state index in [1.807, 2.05) is 6.92 Å². The monoisotopic (exact) mass is 215 g/mol. The molecular formula is C9H13NO3S. The van der Waals surface area contributed by atoms with Gasteiger partial charge in [0.1, 0.15) is 5.78 Å². The van der Waals surface area contributed by atoms with Crippen molar-refractivity contribution in [3.63, 3.8) is 0 Å². The molecule has 1 heterocycles. The van der Waals surface area contributed by atoms with Gasteiger partial charge in [-0.15, -0.1) is 11.8 Å². The van der Waals surface area contributed by atoms with Crippen LogP contribution in [0.3, 0.4) is 0 Å².